The lowest BCUT2D eigenvalue weighted by Gasteiger charge is -2.22. The van der Waals surface area contributed by atoms with Crippen LogP contribution in [0, 0.1) is 0 Å². The van der Waals surface area contributed by atoms with Crippen LogP contribution in [-0.2, 0) is 0 Å². The summed E-state index contributed by atoms with van der Waals surface area (Å²) >= 11 is 0. The molecule has 26 heavy (non-hydrogen) atoms. The fraction of sp³-hybridized carbons (Fsp3) is 0.333. The van der Waals surface area contributed by atoms with Gasteiger partial charge in [0.05, 0.1) is 17.6 Å². The number of anilines is 2. The first kappa shape index (κ1) is 19.2. The second kappa shape index (κ2) is 9.36. The molecule has 0 aliphatic rings. The molecule has 8 heteroatoms. The van der Waals surface area contributed by atoms with Gasteiger partial charge in [-0.25, -0.2) is 4.79 Å². The summed E-state index contributed by atoms with van der Waals surface area (Å²) in [5, 5.41) is 4.10. The van der Waals surface area contributed by atoms with Gasteiger partial charge < -0.3 is 15.6 Å². The van der Waals surface area contributed by atoms with E-state index in [-0.39, 0.29) is 0 Å². The van der Waals surface area contributed by atoms with Crippen LogP contribution in [0.15, 0.2) is 40.2 Å². The number of aromatic amines is 1. The highest BCUT2D eigenvalue weighted by Gasteiger charge is 2.08. The van der Waals surface area contributed by atoms with Gasteiger partial charge in [-0.2, -0.15) is 10.1 Å². The van der Waals surface area contributed by atoms with Gasteiger partial charge in [0.2, 0.25) is 5.91 Å². The van der Waals surface area contributed by atoms with Crippen LogP contribution >= 0.6 is 0 Å². The van der Waals surface area contributed by atoms with E-state index in [2.05, 4.69) is 39.2 Å². The summed E-state index contributed by atoms with van der Waals surface area (Å²) in [5.74, 6) is 0.127. The van der Waals surface area contributed by atoms with Crippen LogP contribution in [0.2, 0.25) is 0 Å². The third-order valence-corrected chi connectivity index (χ3v) is 3.61. The Kier molecular flexibility index (Phi) is 6.90. The lowest BCUT2D eigenvalue weighted by Crippen LogP contribution is -2.28. The summed E-state index contributed by atoms with van der Waals surface area (Å²) in [6.07, 6.45) is 3.44. The first-order valence-corrected chi connectivity index (χ1v) is 8.58. The number of primary amides is 1. The van der Waals surface area contributed by atoms with Gasteiger partial charge >= 0.3 is 5.69 Å². The number of hydrazone groups is 1. The van der Waals surface area contributed by atoms with E-state index in [4.69, 9.17) is 5.73 Å². The minimum atomic E-state index is -0.507. The highest BCUT2D eigenvalue weighted by Crippen LogP contribution is 2.11. The number of carbonyl (C=O) groups is 1. The van der Waals surface area contributed by atoms with Gasteiger partial charge in [-0.15, -0.1) is 0 Å². The summed E-state index contributed by atoms with van der Waals surface area (Å²) in [5.41, 5.74) is 9.19. The van der Waals surface area contributed by atoms with Gasteiger partial charge in [-0.05, 0) is 31.0 Å². The Hall–Kier alpha value is -3.16. The summed E-state index contributed by atoms with van der Waals surface area (Å²) in [7, 11) is 0. The smallest absolute Gasteiger partial charge is 0.347 e. The van der Waals surface area contributed by atoms with Crippen molar-refractivity contribution >= 4 is 23.6 Å². The summed E-state index contributed by atoms with van der Waals surface area (Å²) < 4.78 is 0. The highest BCUT2D eigenvalue weighted by atomic mass is 16.1. The van der Waals surface area contributed by atoms with Gasteiger partial charge in [-0.1, -0.05) is 19.9 Å². The van der Waals surface area contributed by atoms with Crippen LogP contribution in [-0.4, -0.2) is 35.2 Å². The minimum absolute atomic E-state index is 0.388. The first-order chi connectivity index (χ1) is 12.5. The number of rotatable bonds is 9. The molecule has 0 atom stereocenters. The molecular weight excluding hydrogens is 332 g/mol. The summed E-state index contributed by atoms with van der Waals surface area (Å²) in [4.78, 5) is 31.8. The molecule has 2 rings (SSSR count). The second-order valence-electron chi connectivity index (χ2n) is 5.80. The van der Waals surface area contributed by atoms with Crippen molar-refractivity contribution in [3.63, 3.8) is 0 Å². The van der Waals surface area contributed by atoms with Crippen LogP contribution in [0.4, 0.5) is 11.5 Å². The van der Waals surface area contributed by atoms with Crippen molar-refractivity contribution in [1.29, 1.82) is 0 Å². The maximum absolute atomic E-state index is 11.9. The van der Waals surface area contributed by atoms with Crippen molar-refractivity contribution in [2.75, 3.05) is 23.4 Å². The fourth-order valence-electron chi connectivity index (χ4n) is 2.49. The maximum Gasteiger partial charge on any atom is 0.347 e. The number of hydrogen-bond acceptors (Lipinski definition) is 6. The van der Waals surface area contributed by atoms with E-state index < -0.39 is 11.6 Å². The Bertz CT molecular complexity index is 824. The molecule has 0 radical (unpaired) electrons. The molecule has 0 bridgehead atoms. The predicted molar refractivity (Wildman–Crippen MR) is 104 cm³/mol. The largest absolute Gasteiger partial charge is 0.366 e. The van der Waals surface area contributed by atoms with Crippen LogP contribution < -0.4 is 21.7 Å². The van der Waals surface area contributed by atoms with Crippen molar-refractivity contribution in [1.82, 2.24) is 9.97 Å². The number of H-pyrrole nitrogens is 1. The van der Waals surface area contributed by atoms with Crippen molar-refractivity contribution in [2.45, 2.75) is 26.7 Å². The number of hydrogen-bond donors (Lipinski definition) is 3. The van der Waals surface area contributed by atoms with Gasteiger partial charge in [-0.3, -0.25) is 10.2 Å². The Labute approximate surface area is 152 Å². The number of carbonyl (C=O) groups excluding carboxylic acids is 1. The summed E-state index contributed by atoms with van der Waals surface area (Å²) in [6, 6.07) is 8.48. The Morgan fingerprint density at radius 2 is 2.04 bits per heavy atom. The molecule has 138 valence electrons. The molecule has 1 heterocycles. The SMILES string of the molecule is CCCN(CCC)c1cc(/C=N/Nc2cccc(C(N)=O)c2)[nH]c(=O)n1. The lowest BCUT2D eigenvalue weighted by molar-refractivity contribution is 0.100. The van der Waals surface area contributed by atoms with Crippen molar-refractivity contribution in [3.05, 3.63) is 52.1 Å². The zero-order chi connectivity index (χ0) is 18.9. The molecule has 1 aromatic carbocycles. The first-order valence-electron chi connectivity index (χ1n) is 8.58. The summed E-state index contributed by atoms with van der Waals surface area (Å²) in [6.45, 7) is 5.84. The Morgan fingerprint density at radius 1 is 1.31 bits per heavy atom. The van der Waals surface area contributed by atoms with Crippen LogP contribution in [0.1, 0.15) is 42.7 Å². The van der Waals surface area contributed by atoms with Gasteiger partial charge in [0, 0.05) is 24.7 Å². The highest BCUT2D eigenvalue weighted by molar-refractivity contribution is 5.93. The van der Waals surface area contributed by atoms with Crippen LogP contribution in [0.25, 0.3) is 0 Å². The third-order valence-electron chi connectivity index (χ3n) is 3.61. The molecule has 0 aliphatic carbocycles. The number of benzene rings is 1. The molecule has 0 spiro atoms. The number of nitrogens with two attached hydrogens (primary N) is 1. The molecule has 2 aromatic rings. The van der Waals surface area contributed by atoms with Gasteiger partial charge in [0.25, 0.3) is 0 Å². The second-order valence-corrected chi connectivity index (χ2v) is 5.80. The van der Waals surface area contributed by atoms with E-state index in [0.29, 0.717) is 22.8 Å². The number of nitrogens with zero attached hydrogens (tertiary/aromatic N) is 3. The number of amides is 1. The van der Waals surface area contributed by atoms with E-state index in [1.54, 1.807) is 30.3 Å². The molecule has 1 aromatic heterocycles. The van der Waals surface area contributed by atoms with E-state index in [1.165, 1.54) is 6.21 Å². The Balaban J connectivity index is 2.16. The van der Waals surface area contributed by atoms with Crippen LogP contribution in [0.5, 0.6) is 0 Å². The third kappa shape index (κ3) is 5.44. The Morgan fingerprint density at radius 3 is 2.69 bits per heavy atom. The monoisotopic (exact) mass is 356 g/mol. The van der Waals surface area contributed by atoms with E-state index >= 15 is 0 Å². The molecule has 4 N–H and O–H groups in total. The standard InChI is InChI=1S/C18H24N6O2/c1-3-8-24(9-4-2)16-11-15(21-18(26)22-16)12-20-23-14-7-5-6-13(10-14)17(19)25/h5-7,10-12,23H,3-4,8-9H2,1-2H3,(H2,19,25)(H,21,22,26)/b20-12+. The van der Waals surface area contributed by atoms with E-state index in [0.717, 1.165) is 25.9 Å². The average molecular weight is 356 g/mol. The fourth-order valence-corrected chi connectivity index (χ4v) is 2.49. The van der Waals surface area contributed by atoms with Gasteiger partial charge in [0.1, 0.15) is 5.82 Å². The molecular formula is C18H24N6O2. The molecule has 0 fully saturated rings. The number of aromatic nitrogens is 2. The zero-order valence-electron chi connectivity index (χ0n) is 15.0. The molecule has 0 unspecified atom stereocenters. The van der Waals surface area contributed by atoms with Crippen LogP contribution in [0.3, 0.4) is 0 Å². The molecule has 8 nitrogen and oxygen atoms in total. The quantitative estimate of drug-likeness (QED) is 0.469. The topological polar surface area (TPSA) is 116 Å². The molecule has 0 saturated heterocycles. The molecule has 0 saturated carbocycles. The van der Waals surface area contributed by atoms with Crippen molar-refractivity contribution in [2.24, 2.45) is 10.8 Å². The van der Waals surface area contributed by atoms with E-state index in [1.807, 2.05) is 0 Å². The number of nitrogens with one attached hydrogen (secondary N) is 2. The zero-order valence-corrected chi connectivity index (χ0v) is 15.0. The lowest BCUT2D eigenvalue weighted by atomic mass is 10.2. The van der Waals surface area contributed by atoms with E-state index in [9.17, 15) is 9.59 Å². The average Bonchev–Trinajstić information content (AvgIpc) is 2.61. The minimum Gasteiger partial charge on any atom is -0.366 e. The molecule has 0 aliphatic heterocycles. The van der Waals surface area contributed by atoms with Gasteiger partial charge in [0.15, 0.2) is 0 Å². The predicted octanol–water partition coefficient (Wildman–Crippen LogP) is 1.94. The maximum atomic E-state index is 11.9. The van der Waals surface area contributed by atoms with Crippen molar-refractivity contribution in [3.8, 4) is 0 Å². The normalized spacial score (nSPS) is 10.8. The van der Waals surface area contributed by atoms with Crippen molar-refractivity contribution < 1.29 is 4.79 Å². The molecule has 1 amide bonds.